The second kappa shape index (κ2) is 5.81. The first kappa shape index (κ1) is 11.2. The number of methoxy groups -OCH3 is 1. The van der Waals surface area contributed by atoms with Crippen LogP contribution in [-0.2, 0) is 4.74 Å². The van der Waals surface area contributed by atoms with Gasteiger partial charge in [-0.25, -0.2) is 0 Å². The van der Waals surface area contributed by atoms with Crippen molar-refractivity contribution in [2.24, 2.45) is 0 Å². The summed E-state index contributed by atoms with van der Waals surface area (Å²) in [6.45, 7) is 2.71. The second-order valence-electron chi connectivity index (χ2n) is 3.54. The van der Waals surface area contributed by atoms with Crippen LogP contribution in [0.1, 0.15) is 12.8 Å². The molecule has 13 heavy (non-hydrogen) atoms. The highest BCUT2D eigenvalue weighted by molar-refractivity contribution is 6.18. The minimum Gasteiger partial charge on any atom is -0.391 e. The quantitative estimate of drug-likeness (QED) is 0.689. The number of β-amino-alcohol motifs (C(OH)–C–C–N with tert-alkyl or cyclic N) is 1. The van der Waals surface area contributed by atoms with Crippen LogP contribution in [0.15, 0.2) is 0 Å². The van der Waals surface area contributed by atoms with Crippen LogP contribution in [0.4, 0.5) is 0 Å². The fraction of sp³-hybridized carbons (Fsp3) is 1.00. The molecule has 1 atom stereocenters. The van der Waals surface area contributed by atoms with Gasteiger partial charge in [0.2, 0.25) is 0 Å². The Morgan fingerprint density at radius 1 is 1.54 bits per heavy atom. The Morgan fingerprint density at radius 2 is 2.15 bits per heavy atom. The van der Waals surface area contributed by atoms with Crippen molar-refractivity contribution in [2.75, 3.05) is 32.6 Å². The standard InChI is InChI=1S/C9H18ClNO2/c1-13-9-2-4-11(5-3-9)7-8(12)6-10/h8-9,12H,2-7H2,1H3. The molecule has 4 heteroatoms. The van der Waals surface area contributed by atoms with Gasteiger partial charge in [-0.15, -0.1) is 11.6 Å². The molecule has 0 radical (unpaired) electrons. The maximum Gasteiger partial charge on any atom is 0.0802 e. The lowest BCUT2D eigenvalue weighted by atomic mass is 10.1. The Hall–Kier alpha value is 0.170. The Morgan fingerprint density at radius 3 is 2.62 bits per heavy atom. The van der Waals surface area contributed by atoms with Crippen LogP contribution in [0.3, 0.4) is 0 Å². The van der Waals surface area contributed by atoms with Gasteiger partial charge in [0.1, 0.15) is 0 Å². The van der Waals surface area contributed by atoms with Gasteiger partial charge in [0.15, 0.2) is 0 Å². The number of likely N-dealkylation sites (tertiary alicyclic amines) is 1. The molecule has 0 aromatic rings. The van der Waals surface area contributed by atoms with E-state index in [4.69, 9.17) is 16.3 Å². The molecule has 1 N–H and O–H groups in total. The number of nitrogens with zero attached hydrogens (tertiary/aromatic N) is 1. The summed E-state index contributed by atoms with van der Waals surface area (Å²) in [5, 5.41) is 9.33. The van der Waals surface area contributed by atoms with Crippen LogP contribution in [0.5, 0.6) is 0 Å². The molecule has 0 aromatic carbocycles. The van der Waals surface area contributed by atoms with E-state index in [-0.39, 0.29) is 6.10 Å². The predicted molar refractivity (Wildman–Crippen MR) is 53.2 cm³/mol. The van der Waals surface area contributed by atoms with Crippen molar-refractivity contribution in [3.8, 4) is 0 Å². The number of hydrogen-bond donors (Lipinski definition) is 1. The SMILES string of the molecule is COC1CCN(CC(O)CCl)CC1. The number of alkyl halides is 1. The molecule has 0 amide bonds. The van der Waals surface area contributed by atoms with Gasteiger partial charge in [-0.2, -0.15) is 0 Å². The average Bonchev–Trinajstić information content (AvgIpc) is 2.19. The van der Waals surface area contributed by atoms with Crippen molar-refractivity contribution < 1.29 is 9.84 Å². The summed E-state index contributed by atoms with van der Waals surface area (Å²) in [4.78, 5) is 2.24. The Kier molecular flexibility index (Phi) is 5.02. The summed E-state index contributed by atoms with van der Waals surface area (Å²) in [7, 11) is 1.76. The van der Waals surface area contributed by atoms with Crippen LogP contribution in [0, 0.1) is 0 Å². The molecule has 1 heterocycles. The second-order valence-corrected chi connectivity index (χ2v) is 3.85. The fourth-order valence-corrected chi connectivity index (χ4v) is 1.77. The molecule has 78 valence electrons. The van der Waals surface area contributed by atoms with Gasteiger partial charge in [0, 0.05) is 32.6 Å². The number of aliphatic hydroxyl groups is 1. The van der Waals surface area contributed by atoms with Crippen molar-refractivity contribution in [2.45, 2.75) is 25.0 Å². The molecule has 0 bridgehead atoms. The zero-order chi connectivity index (χ0) is 9.68. The molecule has 1 rings (SSSR count). The third-order valence-corrected chi connectivity index (χ3v) is 2.87. The smallest absolute Gasteiger partial charge is 0.0802 e. The molecule has 1 fully saturated rings. The molecule has 1 aliphatic heterocycles. The van der Waals surface area contributed by atoms with Gasteiger partial charge in [-0.3, -0.25) is 0 Å². The fourth-order valence-electron chi connectivity index (χ4n) is 1.67. The largest absolute Gasteiger partial charge is 0.391 e. The minimum absolute atomic E-state index is 0.324. The lowest BCUT2D eigenvalue weighted by Crippen LogP contribution is -2.41. The topological polar surface area (TPSA) is 32.7 Å². The van der Waals surface area contributed by atoms with E-state index < -0.39 is 0 Å². The van der Waals surface area contributed by atoms with E-state index in [9.17, 15) is 5.11 Å². The Bertz CT molecular complexity index is 138. The maximum atomic E-state index is 9.33. The first-order valence-corrected chi connectivity index (χ1v) is 5.29. The molecule has 0 aromatic heterocycles. The summed E-state index contributed by atoms with van der Waals surface area (Å²) in [6, 6.07) is 0. The van der Waals surface area contributed by atoms with E-state index in [1.54, 1.807) is 7.11 Å². The first-order chi connectivity index (χ1) is 6.26. The highest BCUT2D eigenvalue weighted by atomic mass is 35.5. The summed E-state index contributed by atoms with van der Waals surface area (Å²) in [5.41, 5.74) is 0. The van der Waals surface area contributed by atoms with Crippen molar-refractivity contribution in [3.05, 3.63) is 0 Å². The number of halogens is 1. The number of piperidine rings is 1. The number of hydrogen-bond acceptors (Lipinski definition) is 3. The molecule has 3 nitrogen and oxygen atoms in total. The molecule has 0 spiro atoms. The third-order valence-electron chi connectivity index (χ3n) is 2.52. The lowest BCUT2D eigenvalue weighted by molar-refractivity contribution is 0.0276. The summed E-state index contributed by atoms with van der Waals surface area (Å²) in [5.74, 6) is 0.324. The van der Waals surface area contributed by atoms with Crippen molar-refractivity contribution in [3.63, 3.8) is 0 Å². The zero-order valence-electron chi connectivity index (χ0n) is 8.08. The first-order valence-electron chi connectivity index (χ1n) is 4.75. The number of aliphatic hydroxyl groups excluding tert-OH is 1. The predicted octanol–water partition coefficient (Wildman–Crippen LogP) is 0.697. The van der Waals surface area contributed by atoms with Gasteiger partial charge < -0.3 is 14.7 Å². The molecule has 1 unspecified atom stereocenters. The van der Waals surface area contributed by atoms with Crippen molar-refractivity contribution >= 4 is 11.6 Å². The third kappa shape index (κ3) is 3.81. The highest BCUT2D eigenvalue weighted by Crippen LogP contribution is 2.12. The molecule has 1 saturated heterocycles. The van der Waals surface area contributed by atoms with Crippen molar-refractivity contribution in [1.29, 1.82) is 0 Å². The van der Waals surface area contributed by atoms with E-state index in [1.165, 1.54) is 0 Å². The molecule has 0 aliphatic carbocycles. The lowest BCUT2D eigenvalue weighted by Gasteiger charge is -2.32. The van der Waals surface area contributed by atoms with Gasteiger partial charge in [0.05, 0.1) is 12.2 Å². The monoisotopic (exact) mass is 207 g/mol. The van der Waals surface area contributed by atoms with Crippen LogP contribution < -0.4 is 0 Å². The maximum absolute atomic E-state index is 9.33. The van der Waals surface area contributed by atoms with Crippen LogP contribution in [-0.4, -0.2) is 54.8 Å². The summed E-state index contributed by atoms with van der Waals surface area (Å²) in [6.07, 6.45) is 2.14. The minimum atomic E-state index is -0.388. The van der Waals surface area contributed by atoms with Crippen LogP contribution >= 0.6 is 11.6 Å². The highest BCUT2D eigenvalue weighted by Gasteiger charge is 2.19. The molecule has 0 saturated carbocycles. The normalized spacial score (nSPS) is 23.3. The zero-order valence-corrected chi connectivity index (χ0v) is 8.83. The summed E-state index contributed by atoms with van der Waals surface area (Å²) >= 11 is 5.53. The number of rotatable bonds is 4. The van der Waals surface area contributed by atoms with Crippen LogP contribution in [0.2, 0.25) is 0 Å². The van der Waals surface area contributed by atoms with E-state index >= 15 is 0 Å². The average molecular weight is 208 g/mol. The van der Waals surface area contributed by atoms with E-state index in [2.05, 4.69) is 4.90 Å². The Labute approximate surface area is 84.6 Å². The van der Waals surface area contributed by atoms with Gasteiger partial charge in [-0.05, 0) is 12.8 Å². The summed E-state index contributed by atoms with van der Waals surface area (Å²) < 4.78 is 5.26. The number of ether oxygens (including phenoxy) is 1. The van der Waals surface area contributed by atoms with Crippen molar-refractivity contribution in [1.82, 2.24) is 4.90 Å². The van der Waals surface area contributed by atoms with Gasteiger partial charge in [-0.1, -0.05) is 0 Å². The Balaban J connectivity index is 2.17. The van der Waals surface area contributed by atoms with E-state index in [0.29, 0.717) is 18.5 Å². The molecular weight excluding hydrogens is 190 g/mol. The van der Waals surface area contributed by atoms with Crippen LogP contribution in [0.25, 0.3) is 0 Å². The van der Waals surface area contributed by atoms with Gasteiger partial charge in [0.25, 0.3) is 0 Å². The van der Waals surface area contributed by atoms with E-state index in [0.717, 1.165) is 25.9 Å². The van der Waals surface area contributed by atoms with E-state index in [1.807, 2.05) is 0 Å². The molecular formula is C9H18ClNO2. The molecule has 1 aliphatic rings. The van der Waals surface area contributed by atoms with Gasteiger partial charge >= 0.3 is 0 Å².